The summed E-state index contributed by atoms with van der Waals surface area (Å²) in [6, 6.07) is 15.1. The van der Waals surface area contributed by atoms with Crippen LogP contribution in [0, 0.1) is 5.82 Å². The SMILES string of the molecule is CC1(C)OC(N)=NSC1(C)c1cccc(Br)c1.OCCCc1ccccc1F. The van der Waals surface area contributed by atoms with Crippen molar-refractivity contribution in [3.63, 3.8) is 0 Å². The Balaban J connectivity index is 0.000000221. The summed E-state index contributed by atoms with van der Waals surface area (Å²) in [6.07, 6.45) is 1.24. The number of aliphatic hydroxyl groups is 1. The molecule has 3 rings (SSSR count). The molecular weight excluding hydrogens is 443 g/mol. The van der Waals surface area contributed by atoms with Crippen molar-refractivity contribution in [3.8, 4) is 0 Å². The van der Waals surface area contributed by atoms with Gasteiger partial charge in [-0.15, -0.1) is 0 Å². The van der Waals surface area contributed by atoms with Crippen LogP contribution in [0.5, 0.6) is 0 Å². The molecule has 1 atom stereocenters. The predicted molar refractivity (Wildman–Crippen MR) is 118 cm³/mol. The Hall–Kier alpha value is -1.57. The van der Waals surface area contributed by atoms with Crippen LogP contribution in [0.3, 0.4) is 0 Å². The van der Waals surface area contributed by atoms with Crippen molar-refractivity contribution in [2.75, 3.05) is 6.61 Å². The van der Waals surface area contributed by atoms with Crippen LogP contribution >= 0.6 is 27.9 Å². The first-order valence-corrected chi connectivity index (χ1v) is 10.6. The van der Waals surface area contributed by atoms with E-state index in [2.05, 4.69) is 39.4 Å². The van der Waals surface area contributed by atoms with E-state index in [4.69, 9.17) is 15.6 Å². The van der Waals surface area contributed by atoms with Crippen LogP contribution in [0.2, 0.25) is 0 Å². The number of halogens is 2. The van der Waals surface area contributed by atoms with E-state index in [1.807, 2.05) is 26.0 Å². The van der Waals surface area contributed by atoms with Crippen LogP contribution in [-0.2, 0) is 15.9 Å². The zero-order chi connectivity index (χ0) is 20.8. The molecule has 0 aliphatic carbocycles. The van der Waals surface area contributed by atoms with Gasteiger partial charge in [0.1, 0.15) is 11.4 Å². The lowest BCUT2D eigenvalue weighted by atomic mass is 9.85. The van der Waals surface area contributed by atoms with Gasteiger partial charge in [-0.25, -0.2) is 4.39 Å². The molecule has 1 aliphatic heterocycles. The van der Waals surface area contributed by atoms with Crippen LogP contribution in [0.25, 0.3) is 0 Å². The topological polar surface area (TPSA) is 67.8 Å². The third-order valence-corrected chi connectivity index (χ3v) is 6.62. The highest BCUT2D eigenvalue weighted by Gasteiger charge is 2.48. The second-order valence-electron chi connectivity index (χ2n) is 7.10. The van der Waals surface area contributed by atoms with E-state index in [-0.39, 0.29) is 23.2 Å². The lowest BCUT2D eigenvalue weighted by Gasteiger charge is -2.44. The average molecular weight is 469 g/mol. The molecule has 28 heavy (non-hydrogen) atoms. The Labute approximate surface area is 178 Å². The van der Waals surface area contributed by atoms with Crippen LogP contribution < -0.4 is 5.73 Å². The normalized spacial score (nSPS) is 20.4. The van der Waals surface area contributed by atoms with Gasteiger partial charge in [-0.05, 0) is 74.9 Å². The van der Waals surface area contributed by atoms with E-state index in [0.29, 0.717) is 18.4 Å². The molecule has 0 bridgehead atoms. The summed E-state index contributed by atoms with van der Waals surface area (Å²) < 4.78 is 23.5. The number of nitrogens with zero attached hydrogens (tertiary/aromatic N) is 1. The molecule has 1 unspecified atom stereocenters. The molecule has 0 amide bonds. The molecule has 4 nitrogen and oxygen atoms in total. The van der Waals surface area contributed by atoms with Gasteiger partial charge >= 0.3 is 0 Å². The zero-order valence-corrected chi connectivity index (χ0v) is 18.7. The lowest BCUT2D eigenvalue weighted by Crippen LogP contribution is -2.49. The zero-order valence-electron chi connectivity index (χ0n) is 16.3. The number of hydrogen-bond acceptors (Lipinski definition) is 5. The Kier molecular flexibility index (Phi) is 7.92. The van der Waals surface area contributed by atoms with Crippen molar-refractivity contribution < 1.29 is 14.2 Å². The monoisotopic (exact) mass is 468 g/mol. The van der Waals surface area contributed by atoms with Crippen molar-refractivity contribution in [2.24, 2.45) is 10.1 Å². The van der Waals surface area contributed by atoms with Crippen molar-refractivity contribution in [3.05, 3.63) is 69.9 Å². The minimum atomic E-state index is -0.412. The molecule has 2 aromatic rings. The van der Waals surface area contributed by atoms with Gasteiger partial charge in [0.05, 0.1) is 4.75 Å². The highest BCUT2D eigenvalue weighted by molar-refractivity contribution is 9.10. The molecule has 0 saturated heterocycles. The first kappa shape index (κ1) is 22.7. The molecule has 3 N–H and O–H groups in total. The van der Waals surface area contributed by atoms with Gasteiger partial charge < -0.3 is 15.6 Å². The fourth-order valence-electron chi connectivity index (χ4n) is 2.78. The van der Waals surface area contributed by atoms with Crippen LogP contribution in [0.1, 0.15) is 38.3 Å². The minimum Gasteiger partial charge on any atom is -0.457 e. The predicted octanol–water partition coefficient (Wildman–Crippen LogP) is 5.19. The third kappa shape index (κ3) is 5.49. The molecule has 0 fully saturated rings. The fourth-order valence-corrected chi connectivity index (χ4v) is 3.98. The van der Waals surface area contributed by atoms with Crippen molar-refractivity contribution in [1.82, 2.24) is 0 Å². The Bertz CT molecular complexity index is 832. The Morgan fingerprint density at radius 3 is 2.50 bits per heavy atom. The van der Waals surface area contributed by atoms with E-state index >= 15 is 0 Å². The standard InChI is InChI=1S/C12H15BrN2OS.C9H11FO/c1-11(2)12(3,17-15-10(14)16-11)8-5-4-6-9(13)7-8;10-9-6-2-1-4-8(9)5-3-7-11/h4-7H,1-3H3,(H2,14,15);1-2,4,6,11H,3,5,7H2. The summed E-state index contributed by atoms with van der Waals surface area (Å²) in [6.45, 7) is 6.30. The molecule has 1 heterocycles. The van der Waals surface area contributed by atoms with Crippen molar-refractivity contribution in [2.45, 2.75) is 44.0 Å². The van der Waals surface area contributed by atoms with Crippen LogP contribution in [0.15, 0.2) is 57.4 Å². The maximum atomic E-state index is 12.8. The third-order valence-electron chi connectivity index (χ3n) is 4.76. The Morgan fingerprint density at radius 1 is 1.18 bits per heavy atom. The summed E-state index contributed by atoms with van der Waals surface area (Å²) in [7, 11) is 0. The van der Waals surface area contributed by atoms with Gasteiger partial charge in [0.2, 0.25) is 0 Å². The number of aliphatic hydroxyl groups excluding tert-OH is 1. The summed E-state index contributed by atoms with van der Waals surface area (Å²) >= 11 is 4.95. The summed E-state index contributed by atoms with van der Waals surface area (Å²) in [5, 5.41) is 8.50. The molecule has 0 radical (unpaired) electrons. The summed E-state index contributed by atoms with van der Waals surface area (Å²) in [5.74, 6) is -0.180. The number of hydrogen-bond donors (Lipinski definition) is 2. The highest BCUT2D eigenvalue weighted by Crippen LogP contribution is 2.50. The van der Waals surface area contributed by atoms with E-state index in [0.717, 1.165) is 10.0 Å². The molecule has 7 heteroatoms. The lowest BCUT2D eigenvalue weighted by molar-refractivity contribution is 0.0502. The highest BCUT2D eigenvalue weighted by atomic mass is 79.9. The molecule has 152 valence electrons. The van der Waals surface area contributed by atoms with Gasteiger partial charge in [0.15, 0.2) is 0 Å². The van der Waals surface area contributed by atoms with Gasteiger partial charge in [-0.1, -0.05) is 46.3 Å². The molecule has 0 aromatic heterocycles. The second kappa shape index (κ2) is 9.76. The molecule has 1 aliphatic rings. The van der Waals surface area contributed by atoms with E-state index in [9.17, 15) is 4.39 Å². The number of nitrogens with two attached hydrogens (primary N) is 1. The number of aryl methyl sites for hydroxylation is 1. The quantitative estimate of drug-likeness (QED) is 0.605. The molecular formula is C21H26BrFN2O2S. The first-order chi connectivity index (χ1) is 13.2. The molecule has 0 spiro atoms. The summed E-state index contributed by atoms with van der Waals surface area (Å²) in [4.78, 5) is 0. The minimum absolute atomic E-state index is 0.119. The van der Waals surface area contributed by atoms with E-state index < -0.39 is 5.60 Å². The van der Waals surface area contributed by atoms with Crippen molar-refractivity contribution in [1.29, 1.82) is 0 Å². The smallest absolute Gasteiger partial charge is 0.294 e. The van der Waals surface area contributed by atoms with E-state index in [1.54, 1.807) is 18.2 Å². The van der Waals surface area contributed by atoms with Crippen LogP contribution in [0.4, 0.5) is 4.39 Å². The molecule has 2 aromatic carbocycles. The average Bonchev–Trinajstić information content (AvgIpc) is 2.64. The summed E-state index contributed by atoms with van der Waals surface area (Å²) in [5.41, 5.74) is 7.07. The van der Waals surface area contributed by atoms with Crippen molar-refractivity contribution >= 4 is 33.9 Å². The largest absolute Gasteiger partial charge is 0.457 e. The Morgan fingerprint density at radius 2 is 1.89 bits per heavy atom. The van der Waals surface area contributed by atoms with Gasteiger partial charge in [0, 0.05) is 11.1 Å². The van der Waals surface area contributed by atoms with E-state index in [1.165, 1.54) is 18.0 Å². The maximum absolute atomic E-state index is 12.8. The van der Waals surface area contributed by atoms with Gasteiger partial charge in [0.25, 0.3) is 6.02 Å². The number of benzene rings is 2. The van der Waals surface area contributed by atoms with Crippen LogP contribution in [-0.4, -0.2) is 23.3 Å². The second-order valence-corrected chi connectivity index (χ2v) is 9.19. The van der Waals surface area contributed by atoms with Gasteiger partial charge in [-0.2, -0.15) is 4.40 Å². The molecule has 0 saturated carbocycles. The van der Waals surface area contributed by atoms with Gasteiger partial charge in [-0.3, -0.25) is 0 Å². The number of amidine groups is 1. The number of ether oxygens (including phenoxy) is 1. The first-order valence-electron chi connectivity index (χ1n) is 9.00. The fraction of sp³-hybridized carbons (Fsp3) is 0.381. The maximum Gasteiger partial charge on any atom is 0.294 e. The number of rotatable bonds is 4.